The Hall–Kier alpha value is -4.88. The second kappa shape index (κ2) is 11.2. The van der Waals surface area contributed by atoms with Crippen molar-refractivity contribution in [2.24, 2.45) is 0 Å². The number of aryl methyl sites for hydroxylation is 1. The van der Waals surface area contributed by atoms with Crippen LogP contribution in [0.25, 0.3) is 16.6 Å². The van der Waals surface area contributed by atoms with E-state index in [4.69, 9.17) is 15.2 Å². The maximum absolute atomic E-state index is 14.1. The number of para-hydroxylation sites is 1. The van der Waals surface area contributed by atoms with E-state index >= 15 is 0 Å². The van der Waals surface area contributed by atoms with Crippen LogP contribution in [-0.2, 0) is 14.8 Å². The fourth-order valence-corrected chi connectivity index (χ4v) is 7.47. The van der Waals surface area contributed by atoms with Gasteiger partial charge in [0.25, 0.3) is 0 Å². The van der Waals surface area contributed by atoms with E-state index in [1.165, 1.54) is 21.3 Å². The van der Waals surface area contributed by atoms with Crippen molar-refractivity contribution in [1.29, 1.82) is 0 Å². The number of benzene rings is 3. The van der Waals surface area contributed by atoms with Crippen molar-refractivity contribution in [1.82, 2.24) is 14.8 Å². The molecule has 7 rings (SSSR count). The number of morpholine rings is 1. The molecule has 3 N–H and O–H groups in total. The van der Waals surface area contributed by atoms with Gasteiger partial charge in [0.1, 0.15) is 11.6 Å². The van der Waals surface area contributed by atoms with E-state index < -0.39 is 15.8 Å². The monoisotopic (exact) mass is 630 g/mol. The van der Waals surface area contributed by atoms with Crippen molar-refractivity contribution in [3.8, 4) is 17.2 Å². The normalized spacial score (nSPS) is 16.4. The smallest absolute Gasteiger partial charge is 0.235 e. The van der Waals surface area contributed by atoms with Crippen LogP contribution in [0, 0.1) is 12.7 Å². The highest BCUT2D eigenvalue weighted by molar-refractivity contribution is 7.93. The first kappa shape index (κ1) is 28.9. The lowest BCUT2D eigenvalue weighted by Gasteiger charge is -2.32. The van der Waals surface area contributed by atoms with Gasteiger partial charge in [0.2, 0.25) is 15.8 Å². The molecule has 0 bridgehead atoms. The molecular weight excluding hydrogens is 599 g/mol. The minimum atomic E-state index is -3.43. The van der Waals surface area contributed by atoms with Gasteiger partial charge in [-0.2, -0.15) is 5.10 Å². The van der Waals surface area contributed by atoms with Gasteiger partial charge in [0, 0.05) is 30.5 Å². The predicted octanol–water partition coefficient (Wildman–Crippen LogP) is 4.78. The number of carbonyl (C=O) groups is 1. The summed E-state index contributed by atoms with van der Waals surface area (Å²) in [4.78, 5) is 19.0. The van der Waals surface area contributed by atoms with Crippen molar-refractivity contribution in [2.45, 2.75) is 13.3 Å². The molecule has 5 aromatic rings. The van der Waals surface area contributed by atoms with Crippen LogP contribution in [-0.4, -0.2) is 67.6 Å². The first-order chi connectivity index (χ1) is 21.7. The Labute approximate surface area is 259 Å². The van der Waals surface area contributed by atoms with Gasteiger partial charge < -0.3 is 25.1 Å². The van der Waals surface area contributed by atoms with Crippen LogP contribution < -0.4 is 19.7 Å². The zero-order valence-corrected chi connectivity index (χ0v) is 25.3. The molecule has 0 amide bonds. The minimum Gasteiger partial charge on any atom is -0.454 e. The molecule has 13 heteroatoms. The van der Waals surface area contributed by atoms with E-state index in [0.29, 0.717) is 67.6 Å². The Morgan fingerprint density at radius 1 is 1.02 bits per heavy atom. The molecule has 0 saturated carbocycles. The lowest BCUT2D eigenvalue weighted by atomic mass is 10.1. The van der Waals surface area contributed by atoms with Crippen LogP contribution in [0.4, 0.5) is 21.6 Å². The molecule has 2 saturated heterocycles. The molecule has 0 aliphatic carbocycles. The highest BCUT2D eigenvalue weighted by atomic mass is 32.2. The summed E-state index contributed by atoms with van der Waals surface area (Å²) in [5.41, 5.74) is 10.4. The summed E-state index contributed by atoms with van der Waals surface area (Å²) < 4.78 is 54.0. The number of nitrogens with zero attached hydrogens (tertiary/aromatic N) is 4. The number of nitrogens with one attached hydrogen (secondary N) is 1. The molecular formula is C32H31FN6O5S. The van der Waals surface area contributed by atoms with Crippen molar-refractivity contribution in [2.75, 3.05) is 53.5 Å². The van der Waals surface area contributed by atoms with Gasteiger partial charge in [-0.25, -0.2) is 17.5 Å². The Morgan fingerprint density at radius 3 is 2.56 bits per heavy atom. The van der Waals surface area contributed by atoms with Gasteiger partial charge >= 0.3 is 0 Å². The molecule has 2 fully saturated rings. The van der Waals surface area contributed by atoms with E-state index in [-0.39, 0.29) is 28.7 Å². The second-order valence-corrected chi connectivity index (χ2v) is 13.1. The number of aromatic nitrogens is 3. The van der Waals surface area contributed by atoms with E-state index in [2.05, 4.69) is 15.0 Å². The van der Waals surface area contributed by atoms with Gasteiger partial charge in [-0.05, 0) is 67.4 Å². The Morgan fingerprint density at radius 2 is 1.82 bits per heavy atom. The highest BCUT2D eigenvalue weighted by Crippen LogP contribution is 2.38. The van der Waals surface area contributed by atoms with Crippen LogP contribution in [0.1, 0.15) is 28.0 Å². The number of hydrogen-bond acceptors (Lipinski definition) is 8. The fourth-order valence-electron chi connectivity index (χ4n) is 5.90. The summed E-state index contributed by atoms with van der Waals surface area (Å²) in [7, 11) is -3.43. The number of sulfonamides is 1. The molecule has 4 heterocycles. The first-order valence-corrected chi connectivity index (χ1v) is 16.2. The molecule has 2 aromatic heterocycles. The van der Waals surface area contributed by atoms with Crippen molar-refractivity contribution in [3.05, 3.63) is 89.5 Å². The summed E-state index contributed by atoms with van der Waals surface area (Å²) >= 11 is 0. The Balaban J connectivity index is 1.20. The molecule has 0 unspecified atom stereocenters. The number of halogens is 1. The summed E-state index contributed by atoms with van der Waals surface area (Å²) in [5.74, 6) is -0.00525. The lowest BCUT2D eigenvalue weighted by molar-refractivity contribution is 0.103. The molecule has 0 atom stereocenters. The average Bonchev–Trinajstić information content (AvgIpc) is 3.73. The summed E-state index contributed by atoms with van der Waals surface area (Å²) in [6.45, 7) is 4.61. The number of nitrogen functional groups attached to an aromatic ring is 1. The van der Waals surface area contributed by atoms with Crippen molar-refractivity contribution >= 4 is 43.9 Å². The van der Waals surface area contributed by atoms with E-state index in [0.717, 1.165) is 16.6 Å². The summed E-state index contributed by atoms with van der Waals surface area (Å²) in [6, 6.07) is 16.8. The molecule has 232 valence electrons. The minimum absolute atomic E-state index is 0.103. The van der Waals surface area contributed by atoms with E-state index in [1.807, 2.05) is 13.0 Å². The average molecular weight is 631 g/mol. The number of hydrogen-bond donors (Lipinski definition) is 2. The topological polar surface area (TPSA) is 136 Å². The van der Waals surface area contributed by atoms with E-state index in [1.54, 1.807) is 48.5 Å². The number of ketones is 1. The standard InChI is InChI=1S/C32H31FN6O5S/c1-20-15-22(44-30-6-3-2-5-24(30)33)7-8-27(20)39-32(34)23(19-35-39)31(40)26-16-21-17-28(37-10-12-43-13-11-37)29(18-25(21)36-26)38-9-4-14-45(38,41)42/h2-3,5-8,15-19,36H,4,9-14,34H2,1H3. The number of ether oxygens (including phenoxy) is 2. The van der Waals surface area contributed by atoms with Crippen molar-refractivity contribution in [3.63, 3.8) is 0 Å². The summed E-state index contributed by atoms with van der Waals surface area (Å²) in [5, 5.41) is 5.17. The number of H-pyrrole nitrogens is 1. The zero-order valence-electron chi connectivity index (χ0n) is 24.5. The van der Waals surface area contributed by atoms with Gasteiger partial charge in [-0.1, -0.05) is 12.1 Å². The molecule has 3 aromatic carbocycles. The van der Waals surface area contributed by atoms with Crippen LogP contribution in [0.5, 0.6) is 11.5 Å². The van der Waals surface area contributed by atoms with Crippen LogP contribution in [0.15, 0.2) is 66.9 Å². The first-order valence-electron chi connectivity index (χ1n) is 14.6. The van der Waals surface area contributed by atoms with Crippen LogP contribution in [0.3, 0.4) is 0 Å². The van der Waals surface area contributed by atoms with Gasteiger partial charge in [-0.3, -0.25) is 9.10 Å². The molecule has 0 radical (unpaired) electrons. The molecule has 45 heavy (non-hydrogen) atoms. The van der Waals surface area contributed by atoms with Crippen molar-refractivity contribution < 1.29 is 27.1 Å². The quantitative estimate of drug-likeness (QED) is 0.245. The third kappa shape index (κ3) is 5.27. The molecule has 11 nitrogen and oxygen atoms in total. The number of carbonyl (C=O) groups excluding carboxylic acids is 1. The molecule has 2 aliphatic heterocycles. The maximum atomic E-state index is 14.1. The number of nitrogens with two attached hydrogens (primary N) is 1. The van der Waals surface area contributed by atoms with Crippen LogP contribution in [0.2, 0.25) is 0 Å². The summed E-state index contributed by atoms with van der Waals surface area (Å²) in [6.07, 6.45) is 1.98. The second-order valence-electron chi connectivity index (χ2n) is 11.1. The zero-order chi connectivity index (χ0) is 31.3. The maximum Gasteiger partial charge on any atom is 0.235 e. The van der Waals surface area contributed by atoms with Gasteiger partial charge in [0.05, 0.1) is 53.5 Å². The Kier molecular flexibility index (Phi) is 7.21. The number of rotatable bonds is 7. The molecule has 0 spiro atoms. The van der Waals surface area contributed by atoms with Crippen LogP contribution >= 0.6 is 0 Å². The van der Waals surface area contributed by atoms with Gasteiger partial charge in [-0.15, -0.1) is 0 Å². The SMILES string of the molecule is Cc1cc(Oc2ccccc2F)ccc1-n1ncc(C(=O)c2cc3cc(N4CCOCC4)c(N4CCCS4(=O)=O)cc3[nH]2)c1N. The predicted molar refractivity (Wildman–Crippen MR) is 170 cm³/mol. The lowest BCUT2D eigenvalue weighted by Crippen LogP contribution is -2.37. The van der Waals surface area contributed by atoms with Gasteiger partial charge in [0.15, 0.2) is 11.6 Å². The highest BCUT2D eigenvalue weighted by Gasteiger charge is 2.32. The fraction of sp³-hybridized carbons (Fsp3) is 0.250. The molecule has 2 aliphatic rings. The largest absolute Gasteiger partial charge is 0.454 e. The number of anilines is 3. The Bertz CT molecular complexity index is 2050. The van der Waals surface area contributed by atoms with E-state index in [9.17, 15) is 17.6 Å². The number of aromatic amines is 1. The third-order valence-electron chi connectivity index (χ3n) is 8.19. The third-order valence-corrected chi connectivity index (χ3v) is 10.0. The number of fused-ring (bicyclic) bond motifs is 1.